The highest BCUT2D eigenvalue weighted by molar-refractivity contribution is 6.30. The fraction of sp³-hybridized carbons (Fsp3) is 0.364. The summed E-state index contributed by atoms with van der Waals surface area (Å²) in [5, 5.41) is 0.653. The molecule has 1 unspecified atom stereocenters. The van der Waals surface area contributed by atoms with Crippen molar-refractivity contribution in [1.29, 1.82) is 0 Å². The van der Waals surface area contributed by atoms with Gasteiger partial charge in [0.05, 0.1) is 12.6 Å². The molecule has 5 heteroatoms. The predicted molar refractivity (Wildman–Crippen MR) is 62.6 cm³/mol. The molecule has 0 aromatic heterocycles. The number of morpholine rings is 1. The van der Waals surface area contributed by atoms with Gasteiger partial charge in [-0.25, -0.2) is 0 Å². The molecule has 4 nitrogen and oxygen atoms in total. The first-order valence-electron chi connectivity index (χ1n) is 5.08. The third-order valence-electron chi connectivity index (χ3n) is 2.53. The van der Waals surface area contributed by atoms with Gasteiger partial charge in [-0.1, -0.05) is 11.6 Å². The Kier molecular flexibility index (Phi) is 3.43. The summed E-state index contributed by atoms with van der Waals surface area (Å²) < 4.78 is 5.27. The summed E-state index contributed by atoms with van der Waals surface area (Å²) in [5.74, 6) is -0.0491. The zero-order chi connectivity index (χ0) is 11.5. The van der Waals surface area contributed by atoms with Gasteiger partial charge in [0, 0.05) is 17.3 Å². The summed E-state index contributed by atoms with van der Waals surface area (Å²) in [5.41, 5.74) is 6.36. The Morgan fingerprint density at radius 3 is 2.75 bits per heavy atom. The van der Waals surface area contributed by atoms with Crippen molar-refractivity contribution in [3.05, 3.63) is 29.3 Å². The van der Waals surface area contributed by atoms with Gasteiger partial charge in [-0.05, 0) is 24.3 Å². The van der Waals surface area contributed by atoms with Gasteiger partial charge in [-0.3, -0.25) is 4.79 Å². The van der Waals surface area contributed by atoms with Crippen molar-refractivity contribution < 1.29 is 9.53 Å². The van der Waals surface area contributed by atoms with Gasteiger partial charge < -0.3 is 15.4 Å². The molecule has 1 amide bonds. The molecule has 0 aliphatic carbocycles. The predicted octanol–water partition coefficient (Wildman–Crippen LogP) is 1.03. The summed E-state index contributed by atoms with van der Waals surface area (Å²) in [7, 11) is 0. The molecule has 0 bridgehead atoms. The maximum Gasteiger partial charge on any atom is 0.253 e. The Labute approximate surface area is 98.9 Å². The van der Waals surface area contributed by atoms with Gasteiger partial charge >= 0.3 is 0 Å². The van der Waals surface area contributed by atoms with Crippen molar-refractivity contribution in [2.45, 2.75) is 6.10 Å². The molecule has 1 aliphatic rings. The van der Waals surface area contributed by atoms with E-state index in [4.69, 9.17) is 22.1 Å². The van der Waals surface area contributed by atoms with Crippen LogP contribution in [0.3, 0.4) is 0 Å². The van der Waals surface area contributed by atoms with E-state index in [0.29, 0.717) is 18.1 Å². The van der Waals surface area contributed by atoms with E-state index < -0.39 is 0 Å². The Balaban J connectivity index is 2.17. The SMILES string of the molecule is NCC1CN(c2ccc(Cl)cc2)C(=O)CO1. The van der Waals surface area contributed by atoms with E-state index in [-0.39, 0.29) is 18.6 Å². The summed E-state index contributed by atoms with van der Waals surface area (Å²) >= 11 is 5.79. The van der Waals surface area contributed by atoms with Gasteiger partial charge in [-0.15, -0.1) is 0 Å². The molecular formula is C11H13ClN2O2. The Morgan fingerprint density at radius 1 is 1.44 bits per heavy atom. The van der Waals surface area contributed by atoms with Crippen LogP contribution in [0.2, 0.25) is 5.02 Å². The van der Waals surface area contributed by atoms with Gasteiger partial charge in [0.25, 0.3) is 5.91 Å². The fourth-order valence-corrected chi connectivity index (χ4v) is 1.76. The van der Waals surface area contributed by atoms with Gasteiger partial charge in [0.15, 0.2) is 0 Å². The first-order chi connectivity index (χ1) is 7.70. The lowest BCUT2D eigenvalue weighted by molar-refractivity contribution is -0.128. The topological polar surface area (TPSA) is 55.6 Å². The van der Waals surface area contributed by atoms with E-state index in [2.05, 4.69) is 0 Å². The third-order valence-corrected chi connectivity index (χ3v) is 2.78. The summed E-state index contributed by atoms with van der Waals surface area (Å²) in [4.78, 5) is 13.3. The summed E-state index contributed by atoms with van der Waals surface area (Å²) in [6.45, 7) is 0.999. The van der Waals surface area contributed by atoms with E-state index in [9.17, 15) is 4.79 Å². The number of nitrogens with zero attached hydrogens (tertiary/aromatic N) is 1. The molecule has 1 saturated heterocycles. The van der Waals surface area contributed by atoms with Crippen molar-refractivity contribution in [2.24, 2.45) is 5.73 Å². The Bertz CT molecular complexity index is 380. The van der Waals surface area contributed by atoms with Crippen molar-refractivity contribution in [3.8, 4) is 0 Å². The maximum absolute atomic E-state index is 11.7. The second-order valence-electron chi connectivity index (χ2n) is 3.65. The number of anilines is 1. The first-order valence-corrected chi connectivity index (χ1v) is 5.46. The van der Waals surface area contributed by atoms with Crippen LogP contribution in [0.15, 0.2) is 24.3 Å². The fourth-order valence-electron chi connectivity index (χ4n) is 1.64. The highest BCUT2D eigenvalue weighted by Crippen LogP contribution is 2.20. The van der Waals surface area contributed by atoms with Crippen molar-refractivity contribution in [2.75, 3.05) is 24.6 Å². The van der Waals surface area contributed by atoms with Crippen LogP contribution in [-0.2, 0) is 9.53 Å². The molecule has 86 valence electrons. The lowest BCUT2D eigenvalue weighted by Crippen LogP contribution is -2.49. The minimum absolute atomic E-state index is 0.0491. The molecule has 0 spiro atoms. The molecule has 16 heavy (non-hydrogen) atoms. The van der Waals surface area contributed by atoms with Crippen LogP contribution in [0.4, 0.5) is 5.69 Å². The normalized spacial score (nSPS) is 21.2. The number of carbonyl (C=O) groups excluding carboxylic acids is 1. The molecule has 0 saturated carbocycles. The maximum atomic E-state index is 11.7. The summed E-state index contributed by atoms with van der Waals surface area (Å²) in [6, 6.07) is 7.16. The van der Waals surface area contributed by atoms with E-state index in [1.807, 2.05) is 12.1 Å². The van der Waals surface area contributed by atoms with Crippen molar-refractivity contribution in [3.63, 3.8) is 0 Å². The minimum atomic E-state index is -0.0895. The van der Waals surface area contributed by atoms with Crippen molar-refractivity contribution in [1.82, 2.24) is 0 Å². The highest BCUT2D eigenvalue weighted by Gasteiger charge is 2.26. The number of ether oxygens (including phenoxy) is 1. The number of nitrogens with two attached hydrogens (primary N) is 1. The molecule has 1 fully saturated rings. The summed E-state index contributed by atoms with van der Waals surface area (Å²) in [6.07, 6.45) is -0.0895. The van der Waals surface area contributed by atoms with E-state index >= 15 is 0 Å². The molecule has 1 heterocycles. The smallest absolute Gasteiger partial charge is 0.253 e. The number of amides is 1. The van der Waals surface area contributed by atoms with Crippen LogP contribution >= 0.6 is 11.6 Å². The lowest BCUT2D eigenvalue weighted by Gasteiger charge is -2.32. The van der Waals surface area contributed by atoms with Crippen LogP contribution in [-0.4, -0.2) is 31.7 Å². The molecule has 0 radical (unpaired) electrons. The number of hydrogen-bond donors (Lipinski definition) is 1. The average Bonchev–Trinajstić information content (AvgIpc) is 2.31. The average molecular weight is 241 g/mol. The standard InChI is InChI=1S/C11H13ClN2O2/c12-8-1-3-9(4-2-8)14-6-10(5-13)16-7-11(14)15/h1-4,10H,5-7,13H2. The quantitative estimate of drug-likeness (QED) is 0.840. The van der Waals surface area contributed by atoms with Crippen LogP contribution in [0.25, 0.3) is 0 Å². The van der Waals surface area contributed by atoms with Gasteiger partial charge in [0.2, 0.25) is 0 Å². The largest absolute Gasteiger partial charge is 0.365 e. The molecule has 1 aliphatic heterocycles. The molecule has 1 aromatic rings. The number of benzene rings is 1. The number of hydrogen-bond acceptors (Lipinski definition) is 3. The molecule has 1 aromatic carbocycles. The third kappa shape index (κ3) is 2.35. The van der Waals surface area contributed by atoms with Crippen LogP contribution in [0, 0.1) is 0 Å². The number of halogens is 1. The zero-order valence-corrected chi connectivity index (χ0v) is 9.48. The zero-order valence-electron chi connectivity index (χ0n) is 8.73. The van der Waals surface area contributed by atoms with E-state index in [1.54, 1.807) is 17.0 Å². The minimum Gasteiger partial charge on any atom is -0.365 e. The second-order valence-corrected chi connectivity index (χ2v) is 4.09. The molecule has 2 N–H and O–H groups in total. The van der Waals surface area contributed by atoms with Crippen LogP contribution in [0.5, 0.6) is 0 Å². The van der Waals surface area contributed by atoms with Crippen LogP contribution < -0.4 is 10.6 Å². The Hall–Kier alpha value is -1.10. The van der Waals surface area contributed by atoms with Crippen LogP contribution in [0.1, 0.15) is 0 Å². The lowest BCUT2D eigenvalue weighted by atomic mass is 10.2. The first kappa shape index (κ1) is 11.4. The number of carbonyl (C=O) groups is 1. The highest BCUT2D eigenvalue weighted by atomic mass is 35.5. The van der Waals surface area contributed by atoms with E-state index in [1.165, 1.54) is 0 Å². The molecular weight excluding hydrogens is 228 g/mol. The van der Waals surface area contributed by atoms with E-state index in [0.717, 1.165) is 5.69 Å². The number of rotatable bonds is 2. The second kappa shape index (κ2) is 4.82. The Morgan fingerprint density at radius 2 is 2.12 bits per heavy atom. The van der Waals surface area contributed by atoms with Gasteiger partial charge in [-0.2, -0.15) is 0 Å². The monoisotopic (exact) mass is 240 g/mol. The van der Waals surface area contributed by atoms with Crippen molar-refractivity contribution >= 4 is 23.2 Å². The van der Waals surface area contributed by atoms with Gasteiger partial charge in [0.1, 0.15) is 6.61 Å². The molecule has 1 atom stereocenters. The molecule has 2 rings (SSSR count).